The van der Waals surface area contributed by atoms with Crippen molar-refractivity contribution in [2.75, 3.05) is 6.54 Å². The first-order valence-electron chi connectivity index (χ1n) is 5.96. The van der Waals surface area contributed by atoms with Crippen molar-refractivity contribution in [1.82, 2.24) is 5.32 Å². The summed E-state index contributed by atoms with van der Waals surface area (Å²) in [4.78, 5) is 0. The van der Waals surface area contributed by atoms with Gasteiger partial charge in [-0.15, -0.1) is 0 Å². The Kier molecular flexibility index (Phi) is 3.15. The molecule has 1 atom stereocenters. The second-order valence-corrected chi connectivity index (χ2v) is 5.22. The maximum atomic E-state index is 5.15. The Hall–Kier alpha value is -0.760. The maximum Gasteiger partial charge on any atom is 0.0935 e. The van der Waals surface area contributed by atoms with E-state index in [9.17, 15) is 0 Å². The number of nitrogens with one attached hydrogen (secondary N) is 1. The molecule has 0 aliphatic carbocycles. The molecule has 1 aliphatic rings. The Bertz CT molecular complexity index is 283. The summed E-state index contributed by atoms with van der Waals surface area (Å²) in [6.07, 6.45) is 8.64. The molecule has 1 N–H and O–H groups in total. The van der Waals surface area contributed by atoms with Crippen molar-refractivity contribution >= 4 is 0 Å². The van der Waals surface area contributed by atoms with Crippen molar-refractivity contribution in [1.29, 1.82) is 0 Å². The van der Waals surface area contributed by atoms with Crippen molar-refractivity contribution in [2.24, 2.45) is 5.92 Å². The lowest BCUT2D eigenvalue weighted by Crippen LogP contribution is -2.43. The summed E-state index contributed by atoms with van der Waals surface area (Å²) in [6.45, 7) is 5.78. The van der Waals surface area contributed by atoms with E-state index in [0.29, 0.717) is 5.54 Å². The molecule has 0 bridgehead atoms. The van der Waals surface area contributed by atoms with E-state index in [1.807, 2.05) is 6.26 Å². The predicted molar refractivity (Wildman–Crippen MR) is 61.8 cm³/mol. The van der Waals surface area contributed by atoms with Crippen LogP contribution in [0.25, 0.3) is 0 Å². The molecule has 1 aromatic heterocycles. The molecule has 1 fully saturated rings. The van der Waals surface area contributed by atoms with Crippen LogP contribution in [0.5, 0.6) is 0 Å². The van der Waals surface area contributed by atoms with Crippen molar-refractivity contribution in [3.63, 3.8) is 0 Å². The fraction of sp³-hybridized carbons (Fsp3) is 0.692. The van der Waals surface area contributed by atoms with Gasteiger partial charge in [0.2, 0.25) is 0 Å². The molecule has 0 spiro atoms. The molecule has 2 nitrogen and oxygen atoms in total. The minimum Gasteiger partial charge on any atom is -0.472 e. The fourth-order valence-corrected chi connectivity index (χ4v) is 2.83. The lowest BCUT2D eigenvalue weighted by atomic mass is 9.83. The normalized spacial score (nSPS) is 26.3. The molecule has 0 saturated carbocycles. The van der Waals surface area contributed by atoms with Gasteiger partial charge in [0.25, 0.3) is 0 Å². The van der Waals surface area contributed by atoms with Gasteiger partial charge in [-0.25, -0.2) is 0 Å². The molecule has 1 unspecified atom stereocenters. The molecule has 1 saturated heterocycles. The quantitative estimate of drug-likeness (QED) is 0.821. The van der Waals surface area contributed by atoms with Crippen LogP contribution in [0, 0.1) is 5.92 Å². The van der Waals surface area contributed by atoms with Gasteiger partial charge in [-0.3, -0.25) is 0 Å². The molecule has 15 heavy (non-hydrogen) atoms. The minimum absolute atomic E-state index is 0.331. The van der Waals surface area contributed by atoms with E-state index in [2.05, 4.69) is 25.2 Å². The lowest BCUT2D eigenvalue weighted by molar-refractivity contribution is 0.301. The zero-order chi connectivity index (χ0) is 10.7. The van der Waals surface area contributed by atoms with Crippen LogP contribution in [0.3, 0.4) is 0 Å². The highest BCUT2D eigenvalue weighted by molar-refractivity contribution is 5.12. The van der Waals surface area contributed by atoms with Gasteiger partial charge < -0.3 is 9.73 Å². The Morgan fingerprint density at radius 3 is 2.93 bits per heavy atom. The first kappa shape index (κ1) is 10.7. The van der Waals surface area contributed by atoms with E-state index >= 15 is 0 Å². The average molecular weight is 207 g/mol. The smallest absolute Gasteiger partial charge is 0.0935 e. The summed E-state index contributed by atoms with van der Waals surface area (Å²) in [5.74, 6) is 0.752. The Morgan fingerprint density at radius 1 is 1.53 bits per heavy atom. The number of hydrogen-bond donors (Lipinski definition) is 1. The van der Waals surface area contributed by atoms with Crippen molar-refractivity contribution in [3.05, 3.63) is 24.2 Å². The van der Waals surface area contributed by atoms with Crippen LogP contribution in [0.15, 0.2) is 23.0 Å². The monoisotopic (exact) mass is 207 g/mol. The Balaban J connectivity index is 2.05. The van der Waals surface area contributed by atoms with Gasteiger partial charge >= 0.3 is 0 Å². The molecular formula is C13H21NO. The number of hydrogen-bond acceptors (Lipinski definition) is 2. The summed E-state index contributed by atoms with van der Waals surface area (Å²) < 4.78 is 5.15. The molecule has 1 aromatic rings. The molecule has 0 radical (unpaired) electrons. The lowest BCUT2D eigenvalue weighted by Gasteiger charge is -2.31. The van der Waals surface area contributed by atoms with Crippen LogP contribution < -0.4 is 5.32 Å². The zero-order valence-electron chi connectivity index (χ0n) is 9.75. The Morgan fingerprint density at radius 2 is 2.40 bits per heavy atom. The predicted octanol–water partition coefficient (Wildman–Crippen LogP) is 2.99. The third-order valence-corrected chi connectivity index (χ3v) is 3.25. The van der Waals surface area contributed by atoms with Gasteiger partial charge in [0.15, 0.2) is 0 Å². The third-order valence-electron chi connectivity index (χ3n) is 3.25. The zero-order valence-corrected chi connectivity index (χ0v) is 9.75. The fourth-order valence-electron chi connectivity index (χ4n) is 2.83. The van der Waals surface area contributed by atoms with Crippen molar-refractivity contribution in [2.45, 2.75) is 45.1 Å². The molecule has 2 heteroatoms. The van der Waals surface area contributed by atoms with Crippen molar-refractivity contribution < 1.29 is 4.42 Å². The van der Waals surface area contributed by atoms with E-state index in [1.54, 1.807) is 6.26 Å². The Labute approximate surface area is 92.1 Å². The summed E-state index contributed by atoms with van der Waals surface area (Å²) in [5, 5.41) is 3.70. The van der Waals surface area contributed by atoms with Gasteiger partial charge in [0.1, 0.15) is 0 Å². The van der Waals surface area contributed by atoms with E-state index in [4.69, 9.17) is 4.42 Å². The number of rotatable bonds is 4. The summed E-state index contributed by atoms with van der Waals surface area (Å²) in [6, 6.07) is 2.09. The van der Waals surface area contributed by atoms with Crippen LogP contribution in [0.4, 0.5) is 0 Å². The maximum absolute atomic E-state index is 5.15. The van der Waals surface area contributed by atoms with Gasteiger partial charge in [-0.05, 0) is 49.8 Å². The summed E-state index contributed by atoms with van der Waals surface area (Å²) in [7, 11) is 0. The molecule has 1 aliphatic heterocycles. The highest BCUT2D eigenvalue weighted by Gasteiger charge is 2.34. The van der Waals surface area contributed by atoms with E-state index in [1.165, 1.54) is 31.4 Å². The van der Waals surface area contributed by atoms with Crippen LogP contribution >= 0.6 is 0 Å². The van der Waals surface area contributed by atoms with Crippen LogP contribution in [0.1, 0.15) is 38.7 Å². The average Bonchev–Trinajstić information content (AvgIpc) is 2.76. The van der Waals surface area contributed by atoms with Gasteiger partial charge in [0.05, 0.1) is 12.5 Å². The first-order valence-corrected chi connectivity index (χ1v) is 5.96. The molecule has 2 heterocycles. The number of furan rings is 1. The van der Waals surface area contributed by atoms with Crippen LogP contribution in [-0.2, 0) is 6.42 Å². The molecule has 0 aromatic carbocycles. The SMILES string of the molecule is CC(C)CC1(Cc2ccoc2)CCCN1. The van der Waals surface area contributed by atoms with E-state index in [0.717, 1.165) is 12.3 Å². The topological polar surface area (TPSA) is 25.2 Å². The van der Waals surface area contributed by atoms with Gasteiger partial charge in [0, 0.05) is 5.54 Å². The summed E-state index contributed by atoms with van der Waals surface area (Å²) in [5.41, 5.74) is 1.66. The van der Waals surface area contributed by atoms with Crippen molar-refractivity contribution in [3.8, 4) is 0 Å². The second-order valence-electron chi connectivity index (χ2n) is 5.22. The van der Waals surface area contributed by atoms with Crippen LogP contribution in [0.2, 0.25) is 0 Å². The highest BCUT2D eigenvalue weighted by atomic mass is 16.3. The third kappa shape index (κ3) is 2.63. The van der Waals surface area contributed by atoms with Crippen LogP contribution in [-0.4, -0.2) is 12.1 Å². The van der Waals surface area contributed by atoms with E-state index < -0.39 is 0 Å². The summed E-state index contributed by atoms with van der Waals surface area (Å²) >= 11 is 0. The minimum atomic E-state index is 0.331. The van der Waals surface area contributed by atoms with Gasteiger partial charge in [-0.1, -0.05) is 13.8 Å². The largest absolute Gasteiger partial charge is 0.472 e. The van der Waals surface area contributed by atoms with Gasteiger partial charge in [-0.2, -0.15) is 0 Å². The molecular weight excluding hydrogens is 186 g/mol. The standard InChI is InChI=1S/C13H21NO/c1-11(2)8-13(5-3-6-14-13)9-12-4-7-15-10-12/h4,7,10-11,14H,3,5-6,8-9H2,1-2H3. The second kappa shape index (κ2) is 4.40. The first-order chi connectivity index (χ1) is 7.20. The molecule has 0 amide bonds. The molecule has 2 rings (SSSR count). The highest BCUT2D eigenvalue weighted by Crippen LogP contribution is 2.30. The molecule has 84 valence electrons. The van der Waals surface area contributed by atoms with E-state index in [-0.39, 0.29) is 0 Å².